The van der Waals surface area contributed by atoms with E-state index in [4.69, 9.17) is 13.3 Å². The van der Waals surface area contributed by atoms with Crippen LogP contribution in [0.3, 0.4) is 0 Å². The van der Waals surface area contributed by atoms with Crippen LogP contribution in [0.4, 0.5) is 0 Å². The molecular formula is C13H25N3O4Si. The van der Waals surface area contributed by atoms with Gasteiger partial charge in [-0.25, -0.2) is 4.98 Å². The quantitative estimate of drug-likeness (QED) is 0.478. The Hall–Kier alpha value is -1.22. The van der Waals surface area contributed by atoms with E-state index in [0.29, 0.717) is 38.2 Å². The summed E-state index contributed by atoms with van der Waals surface area (Å²) in [5, 5.41) is 2.81. The van der Waals surface area contributed by atoms with Gasteiger partial charge in [0.25, 0.3) is 5.91 Å². The first-order valence-corrected chi connectivity index (χ1v) is 9.30. The number of rotatable bonds is 11. The molecule has 0 fully saturated rings. The van der Waals surface area contributed by atoms with Crippen LogP contribution < -0.4 is 5.32 Å². The lowest BCUT2D eigenvalue weighted by atomic mass is 10.4. The number of carbonyl (C=O) groups excluding carboxylic acids is 1. The minimum Gasteiger partial charge on any atom is -0.374 e. The molecule has 0 saturated heterocycles. The lowest BCUT2D eigenvalue weighted by Gasteiger charge is -2.28. The monoisotopic (exact) mass is 315 g/mol. The molecule has 0 aliphatic rings. The number of amides is 1. The third-order valence-corrected chi connectivity index (χ3v) is 5.90. The van der Waals surface area contributed by atoms with Gasteiger partial charge >= 0.3 is 8.80 Å². The molecule has 1 heterocycles. The standard InChI is InChI=1S/C13H25N3O4Si/c1-4-18-21(19-5-2,20-6-3)11-7-8-16-13(17)12-14-9-10-15-12/h9-10H,4-8,11H2,1-3H3,(H,14,15)(H,16,17). The molecule has 0 radical (unpaired) electrons. The predicted molar refractivity (Wildman–Crippen MR) is 81.0 cm³/mol. The molecule has 0 aliphatic heterocycles. The molecule has 0 aliphatic carbocycles. The van der Waals surface area contributed by atoms with Crippen LogP contribution in [0, 0.1) is 0 Å². The van der Waals surface area contributed by atoms with Crippen LogP contribution in [0.25, 0.3) is 0 Å². The van der Waals surface area contributed by atoms with Gasteiger partial charge in [0.05, 0.1) is 0 Å². The molecule has 0 spiro atoms. The fraction of sp³-hybridized carbons (Fsp3) is 0.692. The van der Waals surface area contributed by atoms with Crippen molar-refractivity contribution in [3.05, 3.63) is 18.2 Å². The summed E-state index contributed by atoms with van der Waals surface area (Å²) in [7, 11) is -2.61. The highest BCUT2D eigenvalue weighted by Gasteiger charge is 2.39. The van der Waals surface area contributed by atoms with Crippen molar-refractivity contribution in [3.8, 4) is 0 Å². The lowest BCUT2D eigenvalue weighted by molar-refractivity contribution is 0.0704. The SMILES string of the molecule is CCO[Si](CCCNC(=O)c1ncc[nH]1)(OCC)OCC. The van der Waals surface area contributed by atoms with E-state index in [0.717, 1.165) is 6.42 Å². The summed E-state index contributed by atoms with van der Waals surface area (Å²) in [6.45, 7) is 8.00. The van der Waals surface area contributed by atoms with Crippen molar-refractivity contribution >= 4 is 14.7 Å². The second-order valence-electron chi connectivity index (χ2n) is 4.28. The number of nitrogens with zero attached hydrogens (tertiary/aromatic N) is 1. The molecule has 8 heteroatoms. The van der Waals surface area contributed by atoms with Crippen molar-refractivity contribution in [3.63, 3.8) is 0 Å². The normalized spacial score (nSPS) is 11.6. The maximum absolute atomic E-state index is 11.7. The van der Waals surface area contributed by atoms with E-state index in [1.165, 1.54) is 0 Å². The van der Waals surface area contributed by atoms with E-state index >= 15 is 0 Å². The molecule has 0 bridgehead atoms. The van der Waals surface area contributed by atoms with Crippen molar-refractivity contribution in [1.29, 1.82) is 0 Å². The summed E-state index contributed by atoms with van der Waals surface area (Å²) in [5.74, 6) is 0.106. The first-order valence-electron chi connectivity index (χ1n) is 7.36. The average molecular weight is 315 g/mol. The maximum Gasteiger partial charge on any atom is 0.500 e. The van der Waals surface area contributed by atoms with Crippen molar-refractivity contribution in [1.82, 2.24) is 15.3 Å². The molecule has 1 aromatic heterocycles. The van der Waals surface area contributed by atoms with E-state index in [9.17, 15) is 4.79 Å². The zero-order valence-electron chi connectivity index (χ0n) is 13.0. The fourth-order valence-electron chi connectivity index (χ4n) is 1.98. The van der Waals surface area contributed by atoms with Crippen molar-refractivity contribution in [2.45, 2.75) is 33.2 Å². The van der Waals surface area contributed by atoms with Gasteiger partial charge in [0.2, 0.25) is 0 Å². The summed E-state index contributed by atoms with van der Waals surface area (Å²) in [4.78, 5) is 18.4. The summed E-state index contributed by atoms with van der Waals surface area (Å²) in [5.41, 5.74) is 0. The number of imidazole rings is 1. The number of carbonyl (C=O) groups is 1. The first kappa shape index (κ1) is 17.8. The Morgan fingerprint density at radius 3 is 2.33 bits per heavy atom. The van der Waals surface area contributed by atoms with Crippen molar-refractivity contribution < 1.29 is 18.1 Å². The van der Waals surface area contributed by atoms with Gasteiger partial charge in [-0.05, 0) is 27.2 Å². The zero-order chi connectivity index (χ0) is 15.6. The maximum atomic E-state index is 11.7. The van der Waals surface area contributed by atoms with Gasteiger partial charge < -0.3 is 23.6 Å². The summed E-state index contributed by atoms with van der Waals surface area (Å²) in [6.07, 6.45) is 3.90. The summed E-state index contributed by atoms with van der Waals surface area (Å²) < 4.78 is 17.3. The van der Waals surface area contributed by atoms with Crippen LogP contribution in [0.5, 0.6) is 0 Å². The van der Waals surface area contributed by atoms with Gasteiger partial charge in [0.1, 0.15) is 0 Å². The number of hydrogen-bond acceptors (Lipinski definition) is 5. The number of aromatic nitrogens is 2. The highest BCUT2D eigenvalue weighted by molar-refractivity contribution is 6.60. The van der Waals surface area contributed by atoms with Crippen LogP contribution in [0.2, 0.25) is 6.04 Å². The third-order valence-electron chi connectivity index (χ3n) is 2.75. The molecule has 0 atom stereocenters. The van der Waals surface area contributed by atoms with Crippen molar-refractivity contribution in [2.24, 2.45) is 0 Å². The Balaban J connectivity index is 2.40. The van der Waals surface area contributed by atoms with Crippen LogP contribution >= 0.6 is 0 Å². The minimum atomic E-state index is -2.61. The van der Waals surface area contributed by atoms with Gasteiger partial charge in [-0.1, -0.05) is 0 Å². The highest BCUT2D eigenvalue weighted by atomic mass is 28.4. The number of H-pyrrole nitrogens is 1. The molecule has 0 unspecified atom stereocenters. The Kier molecular flexibility index (Phi) is 8.21. The Bertz CT molecular complexity index is 383. The second-order valence-corrected chi connectivity index (χ2v) is 7.01. The average Bonchev–Trinajstić information content (AvgIpc) is 2.98. The Morgan fingerprint density at radius 1 is 1.24 bits per heavy atom. The van der Waals surface area contributed by atoms with E-state index in [-0.39, 0.29) is 5.91 Å². The molecule has 1 amide bonds. The molecule has 1 aromatic rings. The molecule has 7 nitrogen and oxygen atoms in total. The zero-order valence-corrected chi connectivity index (χ0v) is 14.0. The molecule has 120 valence electrons. The van der Waals surface area contributed by atoms with Gasteiger partial charge in [0.15, 0.2) is 5.82 Å². The van der Waals surface area contributed by atoms with Crippen LogP contribution in [0.15, 0.2) is 12.4 Å². The number of nitrogens with one attached hydrogen (secondary N) is 2. The van der Waals surface area contributed by atoms with Crippen LogP contribution in [0.1, 0.15) is 37.8 Å². The molecular weight excluding hydrogens is 290 g/mol. The molecule has 21 heavy (non-hydrogen) atoms. The van der Waals surface area contributed by atoms with Gasteiger partial charge in [-0.3, -0.25) is 4.79 Å². The van der Waals surface area contributed by atoms with Crippen LogP contribution in [-0.2, 0) is 13.3 Å². The Morgan fingerprint density at radius 2 is 1.86 bits per heavy atom. The lowest BCUT2D eigenvalue weighted by Crippen LogP contribution is -2.46. The fourth-order valence-corrected chi connectivity index (χ4v) is 4.59. The third kappa shape index (κ3) is 5.96. The topological polar surface area (TPSA) is 85.5 Å². The second kappa shape index (κ2) is 9.67. The van der Waals surface area contributed by atoms with Gasteiger partial charge in [-0.2, -0.15) is 0 Å². The van der Waals surface area contributed by atoms with E-state index in [2.05, 4.69) is 15.3 Å². The van der Waals surface area contributed by atoms with E-state index in [1.807, 2.05) is 20.8 Å². The molecule has 2 N–H and O–H groups in total. The smallest absolute Gasteiger partial charge is 0.374 e. The number of aromatic amines is 1. The predicted octanol–water partition coefficient (Wildman–Crippen LogP) is 1.58. The van der Waals surface area contributed by atoms with E-state index < -0.39 is 8.80 Å². The van der Waals surface area contributed by atoms with Crippen LogP contribution in [-0.4, -0.2) is 51.0 Å². The summed E-state index contributed by atoms with van der Waals surface area (Å²) >= 11 is 0. The van der Waals surface area contributed by atoms with Crippen molar-refractivity contribution in [2.75, 3.05) is 26.4 Å². The Labute approximate surface area is 126 Å². The largest absolute Gasteiger partial charge is 0.500 e. The summed E-state index contributed by atoms with van der Waals surface area (Å²) in [6, 6.07) is 0.682. The number of hydrogen-bond donors (Lipinski definition) is 2. The first-order chi connectivity index (χ1) is 10.2. The van der Waals surface area contributed by atoms with Gasteiger partial charge in [-0.15, -0.1) is 0 Å². The molecule has 0 saturated carbocycles. The van der Waals surface area contributed by atoms with Gasteiger partial charge in [0, 0.05) is 44.8 Å². The molecule has 1 rings (SSSR count). The van der Waals surface area contributed by atoms with E-state index in [1.54, 1.807) is 12.4 Å². The molecule has 0 aromatic carbocycles. The highest BCUT2D eigenvalue weighted by Crippen LogP contribution is 2.17. The minimum absolute atomic E-state index is 0.212.